The van der Waals surface area contributed by atoms with Crippen molar-refractivity contribution < 1.29 is 27.1 Å². The zero-order chi connectivity index (χ0) is 22.4. The highest BCUT2D eigenvalue weighted by Crippen LogP contribution is 2.31. The van der Waals surface area contributed by atoms with E-state index >= 15 is 0 Å². The summed E-state index contributed by atoms with van der Waals surface area (Å²) in [5, 5.41) is 2.33. The highest BCUT2D eigenvalue weighted by molar-refractivity contribution is 7.91. The third-order valence-electron chi connectivity index (χ3n) is 5.75. The van der Waals surface area contributed by atoms with Crippen LogP contribution in [0.3, 0.4) is 0 Å². The highest BCUT2D eigenvalue weighted by atomic mass is 32.2. The van der Waals surface area contributed by atoms with Gasteiger partial charge >= 0.3 is 0 Å². The predicted molar refractivity (Wildman–Crippen MR) is 116 cm³/mol. The van der Waals surface area contributed by atoms with Crippen molar-refractivity contribution in [2.45, 2.75) is 51.4 Å². The van der Waals surface area contributed by atoms with E-state index in [-0.39, 0.29) is 40.9 Å². The average Bonchev–Trinajstić information content (AvgIpc) is 3.52. The molecule has 0 bridgehead atoms. The van der Waals surface area contributed by atoms with E-state index in [1.54, 1.807) is 24.3 Å². The minimum absolute atomic E-state index is 0.0435. The van der Waals surface area contributed by atoms with Crippen LogP contribution in [0.1, 0.15) is 56.9 Å². The molecule has 2 fully saturated rings. The lowest BCUT2D eigenvalue weighted by Crippen LogP contribution is -2.40. The van der Waals surface area contributed by atoms with E-state index in [2.05, 4.69) is 5.32 Å². The number of hydrogen-bond acceptors (Lipinski definition) is 5. The lowest BCUT2D eigenvalue weighted by atomic mass is 9.93. The molecule has 1 N–H and O–H groups in total. The number of amides is 2. The van der Waals surface area contributed by atoms with Crippen molar-refractivity contribution in [1.82, 2.24) is 5.32 Å². The van der Waals surface area contributed by atoms with Gasteiger partial charge in [-0.1, -0.05) is 25.1 Å². The number of hydrogen-bond donors (Lipinski definition) is 1. The molecule has 0 aromatic heterocycles. The van der Waals surface area contributed by atoms with Crippen molar-refractivity contribution in [2.75, 3.05) is 18.1 Å². The molecule has 1 aromatic carbocycles. The first-order valence-corrected chi connectivity index (χ1v) is 12.7. The lowest BCUT2D eigenvalue weighted by molar-refractivity contribution is -0.136. The van der Waals surface area contributed by atoms with E-state index in [0.717, 1.165) is 18.4 Å². The molecule has 6 nitrogen and oxygen atoms in total. The number of halogens is 1. The van der Waals surface area contributed by atoms with Crippen molar-refractivity contribution in [3.05, 3.63) is 41.7 Å². The van der Waals surface area contributed by atoms with Gasteiger partial charge in [0, 0.05) is 12.3 Å². The standard InChI is InChI=1S/C23H30FNO5S/c1-16(19-8-10-20(24)21(13-19)30-14-17-6-7-17)15-31(28,29)12-4-2-3-5-18-9-11-22(26)25-23(18)27/h2,4,8,10,13,16-18H,3,5-7,9,11-12,14-15H2,1H3,(H,25,26,27)/t16-,18?/m0/s1. The molecule has 31 heavy (non-hydrogen) atoms. The Kier molecular flexibility index (Phi) is 7.86. The Morgan fingerprint density at radius 1 is 1.23 bits per heavy atom. The van der Waals surface area contributed by atoms with Crippen LogP contribution in [0.5, 0.6) is 5.75 Å². The van der Waals surface area contributed by atoms with Crippen LogP contribution < -0.4 is 10.1 Å². The Morgan fingerprint density at radius 3 is 2.71 bits per heavy atom. The first-order chi connectivity index (χ1) is 14.7. The van der Waals surface area contributed by atoms with E-state index in [1.165, 1.54) is 6.07 Å². The van der Waals surface area contributed by atoms with E-state index in [4.69, 9.17) is 4.74 Å². The van der Waals surface area contributed by atoms with Crippen molar-refractivity contribution in [3.8, 4) is 5.75 Å². The topological polar surface area (TPSA) is 89.5 Å². The predicted octanol–water partition coefficient (Wildman–Crippen LogP) is 3.52. The molecule has 2 aliphatic rings. The van der Waals surface area contributed by atoms with Crippen molar-refractivity contribution in [2.24, 2.45) is 11.8 Å². The van der Waals surface area contributed by atoms with Crippen molar-refractivity contribution >= 4 is 21.7 Å². The maximum atomic E-state index is 14.0. The minimum atomic E-state index is -3.34. The second-order valence-corrected chi connectivity index (χ2v) is 10.8. The largest absolute Gasteiger partial charge is 0.490 e. The number of benzene rings is 1. The number of carbonyl (C=O) groups is 2. The average molecular weight is 452 g/mol. The summed E-state index contributed by atoms with van der Waals surface area (Å²) in [5.41, 5.74) is 0.734. The fourth-order valence-electron chi connectivity index (χ4n) is 3.62. The number of rotatable bonds is 11. The molecule has 1 aliphatic carbocycles. The lowest BCUT2D eigenvalue weighted by Gasteiger charge is -2.19. The molecule has 170 valence electrons. The van der Waals surface area contributed by atoms with Crippen LogP contribution in [0.15, 0.2) is 30.4 Å². The zero-order valence-electron chi connectivity index (χ0n) is 17.8. The quantitative estimate of drug-likeness (QED) is 0.411. The van der Waals surface area contributed by atoms with Gasteiger partial charge in [-0.2, -0.15) is 0 Å². The molecule has 0 radical (unpaired) electrons. The molecule has 0 spiro atoms. The Hall–Kier alpha value is -2.22. The fourth-order valence-corrected chi connectivity index (χ4v) is 5.14. The summed E-state index contributed by atoms with van der Waals surface area (Å²) in [7, 11) is -3.34. The SMILES string of the molecule is C[C@@H](CS(=O)(=O)CC=CCCC1CCC(=O)NC1=O)c1ccc(F)c(OCC2CC2)c1. The third kappa shape index (κ3) is 7.45. The van der Waals surface area contributed by atoms with Gasteiger partial charge in [0.25, 0.3) is 0 Å². The molecule has 3 rings (SSSR count). The van der Waals surface area contributed by atoms with Crippen LogP contribution in [0.2, 0.25) is 0 Å². The van der Waals surface area contributed by atoms with Crippen LogP contribution in [-0.2, 0) is 19.4 Å². The summed E-state index contributed by atoms with van der Waals surface area (Å²) in [6.07, 6.45) is 7.66. The molecular formula is C23H30FNO5S. The molecular weight excluding hydrogens is 421 g/mol. The van der Waals surface area contributed by atoms with Crippen LogP contribution in [0.4, 0.5) is 4.39 Å². The number of nitrogens with one attached hydrogen (secondary N) is 1. The monoisotopic (exact) mass is 451 g/mol. The Labute approximate surface area is 183 Å². The smallest absolute Gasteiger partial charge is 0.229 e. The Balaban J connectivity index is 1.46. The minimum Gasteiger partial charge on any atom is -0.490 e. The normalized spacial score (nSPS) is 20.6. The molecule has 8 heteroatoms. The summed E-state index contributed by atoms with van der Waals surface area (Å²) >= 11 is 0. The molecule has 1 heterocycles. The molecule has 1 unspecified atom stereocenters. The fraction of sp³-hybridized carbons (Fsp3) is 0.565. The van der Waals surface area contributed by atoms with E-state index in [1.807, 2.05) is 6.92 Å². The van der Waals surface area contributed by atoms with E-state index < -0.39 is 15.7 Å². The Morgan fingerprint density at radius 2 is 2.00 bits per heavy atom. The molecule has 1 aliphatic heterocycles. The summed E-state index contributed by atoms with van der Waals surface area (Å²) in [5.74, 6) is -0.843. The number of imide groups is 1. The first-order valence-electron chi connectivity index (χ1n) is 10.8. The van der Waals surface area contributed by atoms with E-state index in [0.29, 0.717) is 38.2 Å². The summed E-state index contributed by atoms with van der Waals surface area (Å²) in [6.45, 7) is 2.30. The van der Waals surface area contributed by atoms with Gasteiger partial charge in [-0.05, 0) is 61.6 Å². The third-order valence-corrected chi connectivity index (χ3v) is 7.46. The van der Waals surface area contributed by atoms with Gasteiger partial charge in [0.05, 0.1) is 18.1 Å². The number of carbonyl (C=O) groups excluding carboxylic acids is 2. The zero-order valence-corrected chi connectivity index (χ0v) is 18.6. The summed E-state index contributed by atoms with van der Waals surface area (Å²) in [4.78, 5) is 22.9. The number of piperidine rings is 1. The van der Waals surface area contributed by atoms with Crippen molar-refractivity contribution in [3.63, 3.8) is 0 Å². The second kappa shape index (κ2) is 10.4. The van der Waals surface area contributed by atoms with Crippen molar-refractivity contribution in [1.29, 1.82) is 0 Å². The van der Waals surface area contributed by atoms with Gasteiger partial charge in [0.1, 0.15) is 0 Å². The maximum Gasteiger partial charge on any atom is 0.229 e. The van der Waals surface area contributed by atoms with Gasteiger partial charge < -0.3 is 4.74 Å². The molecule has 2 atom stereocenters. The highest BCUT2D eigenvalue weighted by Gasteiger charge is 2.26. The van der Waals surface area contributed by atoms with Gasteiger partial charge in [-0.25, -0.2) is 12.8 Å². The van der Waals surface area contributed by atoms with Gasteiger partial charge in [-0.15, -0.1) is 0 Å². The number of ether oxygens (including phenoxy) is 1. The molecule has 2 amide bonds. The number of allylic oxidation sites excluding steroid dienone is 1. The first kappa shape index (κ1) is 23.4. The maximum absolute atomic E-state index is 14.0. The van der Waals surface area contributed by atoms with Gasteiger partial charge in [0.15, 0.2) is 21.4 Å². The van der Waals surface area contributed by atoms with E-state index in [9.17, 15) is 22.4 Å². The van der Waals surface area contributed by atoms with Crippen LogP contribution in [0, 0.1) is 17.7 Å². The van der Waals surface area contributed by atoms with Gasteiger partial charge in [-0.3, -0.25) is 14.9 Å². The molecule has 1 aromatic rings. The Bertz CT molecular complexity index is 939. The van der Waals surface area contributed by atoms with Crippen LogP contribution >= 0.6 is 0 Å². The van der Waals surface area contributed by atoms with Gasteiger partial charge in [0.2, 0.25) is 11.8 Å². The number of sulfone groups is 1. The molecule has 1 saturated heterocycles. The summed E-state index contributed by atoms with van der Waals surface area (Å²) in [6, 6.07) is 4.54. The van der Waals surface area contributed by atoms with Crippen LogP contribution in [-0.4, -0.2) is 38.3 Å². The second-order valence-electron chi connectivity index (χ2n) is 8.62. The summed E-state index contributed by atoms with van der Waals surface area (Å²) < 4.78 is 44.5. The van der Waals surface area contributed by atoms with Crippen LogP contribution in [0.25, 0.3) is 0 Å². The molecule has 1 saturated carbocycles.